The molecule has 0 aromatic rings. The van der Waals surface area contributed by atoms with Crippen LogP contribution in [0.1, 0.15) is 47.0 Å². The van der Waals surface area contributed by atoms with E-state index in [1.807, 2.05) is 6.92 Å². The van der Waals surface area contributed by atoms with Crippen molar-refractivity contribution in [1.29, 1.82) is 0 Å². The van der Waals surface area contributed by atoms with Gasteiger partial charge in [0.1, 0.15) is 0 Å². The van der Waals surface area contributed by atoms with Crippen molar-refractivity contribution in [3.8, 4) is 0 Å². The topological polar surface area (TPSA) is 89.6 Å². The number of hydrogen-bond acceptors (Lipinski definition) is 4. The summed E-state index contributed by atoms with van der Waals surface area (Å²) in [7, 11) is 0. The summed E-state index contributed by atoms with van der Waals surface area (Å²) in [6.07, 6.45) is 1.91. The van der Waals surface area contributed by atoms with Gasteiger partial charge in [-0.3, -0.25) is 0 Å². The lowest BCUT2D eigenvalue weighted by Crippen LogP contribution is -2.33. The molecule has 0 saturated heterocycles. The molecule has 0 aliphatic rings. The molecule has 0 aromatic carbocycles. The van der Waals surface area contributed by atoms with Crippen molar-refractivity contribution in [2.45, 2.75) is 52.5 Å². The summed E-state index contributed by atoms with van der Waals surface area (Å²) in [5.74, 6) is -1.68. The zero-order valence-corrected chi connectivity index (χ0v) is 12.8. The number of carboxylic acid groups (broad SMARTS) is 1. The van der Waals surface area contributed by atoms with E-state index in [9.17, 15) is 9.59 Å². The molecule has 0 radical (unpaired) electrons. The highest BCUT2D eigenvalue weighted by Gasteiger charge is 2.24. The number of carbonyl (C=O) groups is 2. The van der Waals surface area contributed by atoms with Gasteiger partial charge in [0, 0.05) is 11.1 Å². The number of unbranched alkanes of at least 4 members (excludes halogenated alkanes) is 1. The fraction of sp³-hybridized carbons (Fsp3) is 0.600. The molecule has 0 bridgehead atoms. The second-order valence-electron chi connectivity index (χ2n) is 5.54. The van der Waals surface area contributed by atoms with E-state index in [1.54, 1.807) is 13.8 Å². The summed E-state index contributed by atoms with van der Waals surface area (Å²) in [6, 6.07) is 0. The summed E-state index contributed by atoms with van der Waals surface area (Å²) >= 11 is 0. The van der Waals surface area contributed by atoms with Gasteiger partial charge >= 0.3 is 11.9 Å². The maximum absolute atomic E-state index is 11.9. The number of esters is 1. The molecular formula is C15H25NO4. The minimum Gasteiger partial charge on any atom is -0.478 e. The largest absolute Gasteiger partial charge is 0.478 e. The molecule has 0 amide bonds. The number of aliphatic carboxylic acids is 1. The molecular weight excluding hydrogens is 258 g/mol. The van der Waals surface area contributed by atoms with Gasteiger partial charge in [-0.1, -0.05) is 19.9 Å². The summed E-state index contributed by atoms with van der Waals surface area (Å²) in [5, 5.41) is 9.10. The van der Waals surface area contributed by atoms with Gasteiger partial charge in [0.15, 0.2) is 0 Å². The van der Waals surface area contributed by atoms with E-state index in [0.717, 1.165) is 12.8 Å². The maximum atomic E-state index is 11.9. The molecule has 5 nitrogen and oxygen atoms in total. The third-order valence-corrected chi connectivity index (χ3v) is 2.75. The lowest BCUT2D eigenvalue weighted by molar-refractivity contribution is -0.138. The van der Waals surface area contributed by atoms with Gasteiger partial charge in [0.05, 0.1) is 12.2 Å². The maximum Gasteiger partial charge on any atom is 0.337 e. The van der Waals surface area contributed by atoms with Gasteiger partial charge in [-0.25, -0.2) is 9.59 Å². The van der Waals surface area contributed by atoms with Crippen molar-refractivity contribution >= 4 is 11.9 Å². The smallest absolute Gasteiger partial charge is 0.337 e. The molecule has 114 valence electrons. The fourth-order valence-electron chi connectivity index (χ4n) is 1.57. The highest BCUT2D eigenvalue weighted by molar-refractivity contribution is 5.97. The quantitative estimate of drug-likeness (QED) is 0.309. The summed E-state index contributed by atoms with van der Waals surface area (Å²) in [6.45, 7) is 10.9. The van der Waals surface area contributed by atoms with Gasteiger partial charge in [0.25, 0.3) is 0 Å². The molecule has 0 spiro atoms. The minimum atomic E-state index is -1.09. The Kier molecular flexibility index (Phi) is 7.21. The zero-order chi connectivity index (χ0) is 15.9. The molecule has 0 saturated carbocycles. The van der Waals surface area contributed by atoms with Crippen molar-refractivity contribution in [1.82, 2.24) is 0 Å². The van der Waals surface area contributed by atoms with E-state index >= 15 is 0 Å². The Hall–Kier alpha value is -1.62. The van der Waals surface area contributed by atoms with Crippen LogP contribution in [0, 0.1) is 0 Å². The molecule has 0 rings (SSSR count). The third-order valence-electron chi connectivity index (χ3n) is 2.75. The van der Waals surface area contributed by atoms with Crippen LogP contribution in [0.15, 0.2) is 23.3 Å². The van der Waals surface area contributed by atoms with E-state index in [4.69, 9.17) is 15.6 Å². The van der Waals surface area contributed by atoms with Crippen LogP contribution in [0.4, 0.5) is 0 Å². The second-order valence-corrected chi connectivity index (χ2v) is 5.54. The molecule has 0 aromatic heterocycles. The van der Waals surface area contributed by atoms with Crippen molar-refractivity contribution in [2.75, 3.05) is 6.61 Å². The van der Waals surface area contributed by atoms with Crippen LogP contribution < -0.4 is 5.73 Å². The first-order valence-electron chi connectivity index (χ1n) is 6.68. The number of carboxylic acids is 1. The fourth-order valence-corrected chi connectivity index (χ4v) is 1.57. The summed E-state index contributed by atoms with van der Waals surface area (Å²) in [5.41, 5.74) is 5.75. The van der Waals surface area contributed by atoms with Crippen molar-refractivity contribution in [3.63, 3.8) is 0 Å². The van der Waals surface area contributed by atoms with Crippen LogP contribution in [0.5, 0.6) is 0 Å². The van der Waals surface area contributed by atoms with Gasteiger partial charge in [-0.2, -0.15) is 0 Å². The number of ether oxygens (including phenoxy) is 1. The van der Waals surface area contributed by atoms with E-state index < -0.39 is 17.5 Å². The number of carbonyl (C=O) groups excluding carboxylic acids is 1. The Morgan fingerprint density at radius 2 is 1.90 bits per heavy atom. The number of nitrogens with two attached hydrogens (primary N) is 1. The lowest BCUT2D eigenvalue weighted by atomic mass is 9.89. The highest BCUT2D eigenvalue weighted by atomic mass is 16.5. The Morgan fingerprint density at radius 3 is 2.30 bits per heavy atom. The Labute approximate surface area is 120 Å². The average Bonchev–Trinajstić information content (AvgIpc) is 2.33. The first-order chi connectivity index (χ1) is 9.10. The van der Waals surface area contributed by atoms with Gasteiger partial charge in [-0.05, 0) is 39.2 Å². The van der Waals surface area contributed by atoms with Crippen LogP contribution in [0.25, 0.3) is 0 Å². The van der Waals surface area contributed by atoms with Crippen LogP contribution in [-0.2, 0) is 14.3 Å². The van der Waals surface area contributed by atoms with Crippen LogP contribution in [0.2, 0.25) is 0 Å². The van der Waals surface area contributed by atoms with E-state index in [0.29, 0.717) is 12.2 Å². The minimum absolute atomic E-state index is 0.0690. The predicted molar refractivity (Wildman–Crippen MR) is 78.2 cm³/mol. The average molecular weight is 283 g/mol. The molecule has 3 N–H and O–H groups in total. The predicted octanol–water partition coefficient (Wildman–Crippen LogP) is 2.41. The third kappa shape index (κ3) is 6.52. The molecule has 20 heavy (non-hydrogen) atoms. The Bertz CT molecular complexity index is 416. The van der Waals surface area contributed by atoms with Crippen LogP contribution in [0.3, 0.4) is 0 Å². The van der Waals surface area contributed by atoms with Gasteiger partial charge < -0.3 is 15.6 Å². The van der Waals surface area contributed by atoms with Gasteiger partial charge in [-0.15, -0.1) is 0 Å². The molecule has 5 heteroatoms. The highest BCUT2D eigenvalue weighted by Crippen LogP contribution is 2.24. The lowest BCUT2D eigenvalue weighted by Gasteiger charge is -2.22. The first kappa shape index (κ1) is 18.4. The van der Waals surface area contributed by atoms with Crippen LogP contribution in [-0.4, -0.2) is 29.2 Å². The monoisotopic (exact) mass is 283 g/mol. The van der Waals surface area contributed by atoms with Crippen molar-refractivity contribution < 1.29 is 19.4 Å². The molecule has 0 unspecified atom stereocenters. The molecule has 0 fully saturated rings. The summed E-state index contributed by atoms with van der Waals surface area (Å²) < 4.78 is 5.06. The molecule has 0 aliphatic heterocycles. The SMILES string of the molecule is C=C(C(=O)OCCCC)C(CC(C)(C)N)=C(C)C(=O)O. The molecule has 0 heterocycles. The number of rotatable bonds is 8. The Balaban J connectivity index is 5.15. The summed E-state index contributed by atoms with van der Waals surface area (Å²) in [4.78, 5) is 23.0. The normalized spacial score (nSPS) is 12.7. The van der Waals surface area contributed by atoms with E-state index in [2.05, 4.69) is 6.58 Å². The molecule has 0 aliphatic carbocycles. The first-order valence-corrected chi connectivity index (χ1v) is 6.68. The van der Waals surface area contributed by atoms with Gasteiger partial charge in [0.2, 0.25) is 0 Å². The molecule has 0 atom stereocenters. The van der Waals surface area contributed by atoms with Crippen LogP contribution >= 0.6 is 0 Å². The van der Waals surface area contributed by atoms with E-state index in [-0.39, 0.29) is 17.6 Å². The Morgan fingerprint density at radius 1 is 1.35 bits per heavy atom. The zero-order valence-electron chi connectivity index (χ0n) is 12.8. The van der Waals surface area contributed by atoms with E-state index in [1.165, 1.54) is 6.92 Å². The van der Waals surface area contributed by atoms with Crippen molar-refractivity contribution in [3.05, 3.63) is 23.3 Å². The standard InChI is InChI=1S/C15H25NO4/c1-6-7-8-20-14(19)11(3)12(9-15(4,5)16)10(2)13(17)18/h3,6-9,16H2,1-2,4-5H3,(H,17,18). The number of hydrogen-bond donors (Lipinski definition) is 2. The van der Waals surface area contributed by atoms with Crippen molar-refractivity contribution in [2.24, 2.45) is 5.73 Å². The second kappa shape index (κ2) is 7.85.